The van der Waals surface area contributed by atoms with E-state index in [0.717, 1.165) is 64.2 Å². The van der Waals surface area contributed by atoms with E-state index in [0.29, 0.717) is 38.5 Å². The molecule has 0 aliphatic carbocycles. The van der Waals surface area contributed by atoms with Crippen molar-refractivity contribution in [3.05, 3.63) is 0 Å². The second-order valence-electron chi connectivity index (χ2n) is 17.2. The first-order valence-electron chi connectivity index (χ1n) is 24.0. The van der Waals surface area contributed by atoms with E-state index in [4.69, 9.17) is 0 Å². The van der Waals surface area contributed by atoms with Crippen molar-refractivity contribution in [2.45, 2.75) is 265 Å². The van der Waals surface area contributed by atoms with Gasteiger partial charge in [0.2, 0.25) is 0 Å². The van der Waals surface area contributed by atoms with Gasteiger partial charge in [0.15, 0.2) is 0 Å². The molecule has 3 N–H and O–H groups in total. The monoisotopic (exact) mass is 765 g/mol. The van der Waals surface area contributed by atoms with E-state index in [1.807, 2.05) is 0 Å². The van der Waals surface area contributed by atoms with Gasteiger partial charge in [-0.3, -0.25) is 14.4 Å². The number of rotatable bonds is 44. The lowest BCUT2D eigenvalue weighted by Crippen LogP contribution is -2.28. The Morgan fingerprint density at radius 1 is 0.315 bits per heavy atom. The number of carbonyl (C=O) groups is 3. The van der Waals surface area contributed by atoms with Crippen LogP contribution in [-0.4, -0.2) is 33.2 Å². The molecule has 0 radical (unpaired) electrons. The minimum absolute atomic E-state index is 0.185. The molecule has 0 aliphatic heterocycles. The Balaban J connectivity index is 5.03. The molecule has 0 spiro atoms. The quantitative estimate of drug-likeness (QED) is 0.0533. The fourth-order valence-corrected chi connectivity index (χ4v) is 8.55. The molecular formula is C48H92O6. The van der Waals surface area contributed by atoms with Crippen LogP contribution in [0.15, 0.2) is 0 Å². The van der Waals surface area contributed by atoms with Gasteiger partial charge in [0.1, 0.15) is 0 Å². The summed E-state index contributed by atoms with van der Waals surface area (Å²) in [6.07, 6.45) is 41.6. The summed E-state index contributed by atoms with van der Waals surface area (Å²) in [5, 5.41) is 30.6. The van der Waals surface area contributed by atoms with Crippen LogP contribution in [0.25, 0.3) is 0 Å². The largest absolute Gasteiger partial charge is 0.481 e. The molecule has 4 atom stereocenters. The van der Waals surface area contributed by atoms with Crippen LogP contribution in [0.3, 0.4) is 0 Å². The number of unbranched alkanes of at least 4 members (excludes halogenated alkanes) is 28. The molecule has 54 heavy (non-hydrogen) atoms. The standard InChI is InChI=1S/C48H92O6/c1-4-7-10-13-16-19-22-25-28-31-36-42(46(49)50)37-34-35-38-43(45(48(53)54)40-33-30-27-24-21-18-15-12-9-6-3)41-44(47(51)52)39-32-29-26-23-20-17-14-11-8-5-2/h42-45H,4-41H2,1-3H3,(H,49,50)(H,51,52)(H,53,54). The Morgan fingerprint density at radius 2 is 0.574 bits per heavy atom. The van der Waals surface area contributed by atoms with Gasteiger partial charge < -0.3 is 15.3 Å². The summed E-state index contributed by atoms with van der Waals surface area (Å²) in [6, 6.07) is 0. The van der Waals surface area contributed by atoms with Crippen molar-refractivity contribution in [1.29, 1.82) is 0 Å². The normalized spacial score (nSPS) is 13.8. The van der Waals surface area contributed by atoms with Gasteiger partial charge in [-0.1, -0.05) is 226 Å². The Kier molecular flexibility index (Phi) is 38.5. The molecule has 0 aromatic carbocycles. The lowest BCUT2D eigenvalue weighted by atomic mass is 9.77. The molecule has 0 fully saturated rings. The third-order valence-electron chi connectivity index (χ3n) is 12.2. The van der Waals surface area contributed by atoms with Crippen molar-refractivity contribution in [1.82, 2.24) is 0 Å². The zero-order valence-corrected chi connectivity index (χ0v) is 36.2. The van der Waals surface area contributed by atoms with Crippen LogP contribution < -0.4 is 0 Å². The van der Waals surface area contributed by atoms with Crippen LogP contribution in [0.5, 0.6) is 0 Å². The Morgan fingerprint density at radius 3 is 0.889 bits per heavy atom. The molecule has 0 aromatic heterocycles. The Bertz CT molecular complexity index is 843. The van der Waals surface area contributed by atoms with E-state index in [1.165, 1.54) is 141 Å². The van der Waals surface area contributed by atoms with Crippen molar-refractivity contribution in [3.8, 4) is 0 Å². The molecule has 0 saturated carbocycles. The number of carboxylic acids is 3. The molecule has 6 nitrogen and oxygen atoms in total. The molecular weight excluding hydrogens is 673 g/mol. The van der Waals surface area contributed by atoms with Gasteiger partial charge in [0.25, 0.3) is 0 Å². The maximum atomic E-state index is 12.7. The fourth-order valence-electron chi connectivity index (χ4n) is 8.55. The van der Waals surface area contributed by atoms with Crippen molar-refractivity contribution < 1.29 is 29.7 Å². The third kappa shape index (κ3) is 32.6. The van der Waals surface area contributed by atoms with Gasteiger partial charge in [0, 0.05) is 0 Å². The van der Waals surface area contributed by atoms with Crippen LogP contribution in [0.2, 0.25) is 0 Å². The van der Waals surface area contributed by atoms with Gasteiger partial charge >= 0.3 is 17.9 Å². The highest BCUT2D eigenvalue weighted by molar-refractivity contribution is 5.72. The van der Waals surface area contributed by atoms with Crippen LogP contribution in [0.4, 0.5) is 0 Å². The highest BCUT2D eigenvalue weighted by Gasteiger charge is 2.32. The minimum Gasteiger partial charge on any atom is -0.481 e. The van der Waals surface area contributed by atoms with Gasteiger partial charge in [-0.05, 0) is 44.4 Å². The molecule has 6 heteroatoms. The molecule has 0 heterocycles. The average molecular weight is 765 g/mol. The second-order valence-corrected chi connectivity index (χ2v) is 17.2. The average Bonchev–Trinajstić information content (AvgIpc) is 3.14. The third-order valence-corrected chi connectivity index (χ3v) is 12.2. The number of aliphatic carboxylic acids is 3. The van der Waals surface area contributed by atoms with E-state index in [2.05, 4.69) is 20.8 Å². The Labute approximate surface area is 335 Å². The van der Waals surface area contributed by atoms with E-state index >= 15 is 0 Å². The van der Waals surface area contributed by atoms with Crippen LogP contribution >= 0.6 is 0 Å². The maximum absolute atomic E-state index is 12.7. The van der Waals surface area contributed by atoms with Gasteiger partial charge in [-0.25, -0.2) is 0 Å². The highest BCUT2D eigenvalue weighted by Crippen LogP contribution is 2.33. The van der Waals surface area contributed by atoms with Crippen molar-refractivity contribution in [2.75, 3.05) is 0 Å². The lowest BCUT2D eigenvalue weighted by molar-refractivity contribution is -0.147. The Hall–Kier alpha value is -1.59. The smallest absolute Gasteiger partial charge is 0.306 e. The van der Waals surface area contributed by atoms with E-state index in [1.54, 1.807) is 0 Å². The van der Waals surface area contributed by atoms with E-state index in [9.17, 15) is 29.7 Å². The first-order valence-corrected chi connectivity index (χ1v) is 24.0. The molecule has 0 saturated heterocycles. The minimum atomic E-state index is -0.790. The number of hydrogen-bond acceptors (Lipinski definition) is 3. The zero-order chi connectivity index (χ0) is 39.9. The van der Waals surface area contributed by atoms with Crippen molar-refractivity contribution >= 4 is 17.9 Å². The first kappa shape index (κ1) is 52.4. The second kappa shape index (κ2) is 39.6. The summed E-state index contributed by atoms with van der Waals surface area (Å²) in [6.45, 7) is 6.73. The number of hydrogen-bond donors (Lipinski definition) is 3. The summed E-state index contributed by atoms with van der Waals surface area (Å²) in [7, 11) is 0. The van der Waals surface area contributed by atoms with Crippen molar-refractivity contribution in [3.63, 3.8) is 0 Å². The molecule has 320 valence electrons. The molecule has 0 rings (SSSR count). The van der Waals surface area contributed by atoms with E-state index < -0.39 is 29.7 Å². The predicted octanol–water partition coefficient (Wildman–Crippen LogP) is 15.6. The van der Waals surface area contributed by atoms with Gasteiger partial charge in [-0.15, -0.1) is 0 Å². The predicted molar refractivity (Wildman–Crippen MR) is 229 cm³/mol. The van der Waals surface area contributed by atoms with Crippen LogP contribution in [0.1, 0.15) is 265 Å². The highest BCUT2D eigenvalue weighted by atomic mass is 16.4. The topological polar surface area (TPSA) is 112 Å². The molecule has 0 amide bonds. The van der Waals surface area contributed by atoms with Gasteiger partial charge in [0.05, 0.1) is 17.8 Å². The van der Waals surface area contributed by atoms with Gasteiger partial charge in [-0.2, -0.15) is 0 Å². The lowest BCUT2D eigenvalue weighted by Gasteiger charge is -2.27. The SMILES string of the molecule is CCCCCCCCCCCCC(CCCCC(CC(CCCCCCCCCCCC)C(=O)O)C(CCCCCCCCCCCC)C(=O)O)C(=O)O. The van der Waals surface area contributed by atoms with E-state index in [-0.39, 0.29) is 11.8 Å². The van der Waals surface area contributed by atoms with Crippen molar-refractivity contribution in [2.24, 2.45) is 23.7 Å². The molecule has 0 aromatic rings. The van der Waals surface area contributed by atoms with Crippen LogP contribution in [0, 0.1) is 23.7 Å². The van der Waals surface area contributed by atoms with Crippen LogP contribution in [-0.2, 0) is 14.4 Å². The number of carboxylic acid groups (broad SMARTS) is 3. The fraction of sp³-hybridized carbons (Fsp3) is 0.938. The first-order chi connectivity index (χ1) is 26.3. The summed E-state index contributed by atoms with van der Waals surface area (Å²) < 4.78 is 0. The molecule has 4 unspecified atom stereocenters. The zero-order valence-electron chi connectivity index (χ0n) is 36.2. The summed E-state index contributed by atoms with van der Waals surface area (Å²) in [5.41, 5.74) is 0. The summed E-state index contributed by atoms with van der Waals surface area (Å²) in [5.74, 6) is -3.87. The maximum Gasteiger partial charge on any atom is 0.306 e. The molecule has 0 aliphatic rings. The summed E-state index contributed by atoms with van der Waals surface area (Å²) >= 11 is 0. The summed E-state index contributed by atoms with van der Waals surface area (Å²) in [4.78, 5) is 37.3. The molecule has 0 bridgehead atoms.